The van der Waals surface area contributed by atoms with E-state index >= 15 is 0 Å². The summed E-state index contributed by atoms with van der Waals surface area (Å²) in [5.41, 5.74) is 8.17. The summed E-state index contributed by atoms with van der Waals surface area (Å²) >= 11 is 5.89. The van der Waals surface area contributed by atoms with Crippen LogP contribution in [-0.4, -0.2) is 0 Å². The van der Waals surface area contributed by atoms with Crippen LogP contribution in [0.3, 0.4) is 0 Å². The molecule has 0 aliphatic rings. The second-order valence-corrected chi connectivity index (χ2v) is 5.15. The molecule has 3 rings (SSSR count). The number of benzene rings is 3. The highest BCUT2D eigenvalue weighted by Crippen LogP contribution is 2.29. The van der Waals surface area contributed by atoms with E-state index in [0.29, 0.717) is 10.4 Å². The van der Waals surface area contributed by atoms with Crippen molar-refractivity contribution in [1.82, 2.24) is 0 Å². The second-order valence-electron chi connectivity index (χ2n) is 4.71. The molecule has 0 aliphatic carbocycles. The maximum absolute atomic E-state index is 13.8. The Morgan fingerprint density at radius 3 is 2.20 bits per heavy atom. The Bertz CT molecular complexity index is 753. The molecule has 0 saturated carbocycles. The average Bonchev–Trinajstić information content (AvgIpc) is 2.48. The van der Waals surface area contributed by atoms with E-state index in [0.717, 1.165) is 16.5 Å². The number of rotatable bonds is 2. The summed E-state index contributed by atoms with van der Waals surface area (Å²) in [7, 11) is 0. The standard InChI is InChI=1S/C17H13ClFN/c18-12-7-5-11(6-8-12)17(20)15-9-10-16(19)14-4-2-1-3-13(14)15/h1-10,17H,20H2. The van der Waals surface area contributed by atoms with Crippen LogP contribution in [0.15, 0.2) is 60.7 Å². The van der Waals surface area contributed by atoms with E-state index in [1.54, 1.807) is 12.1 Å². The van der Waals surface area contributed by atoms with Crippen molar-refractivity contribution >= 4 is 22.4 Å². The highest BCUT2D eigenvalue weighted by molar-refractivity contribution is 6.30. The Hall–Kier alpha value is -1.90. The first-order valence-electron chi connectivity index (χ1n) is 6.35. The maximum atomic E-state index is 13.8. The van der Waals surface area contributed by atoms with Crippen molar-refractivity contribution in [3.63, 3.8) is 0 Å². The minimum atomic E-state index is -0.308. The zero-order valence-electron chi connectivity index (χ0n) is 10.7. The molecule has 0 radical (unpaired) electrons. The number of nitrogens with two attached hydrogens (primary N) is 1. The predicted molar refractivity (Wildman–Crippen MR) is 81.4 cm³/mol. The van der Waals surface area contributed by atoms with Crippen LogP contribution in [0.5, 0.6) is 0 Å². The lowest BCUT2D eigenvalue weighted by Gasteiger charge is -2.15. The van der Waals surface area contributed by atoms with Crippen LogP contribution in [0.2, 0.25) is 5.02 Å². The maximum Gasteiger partial charge on any atom is 0.131 e. The van der Waals surface area contributed by atoms with Crippen LogP contribution in [0.25, 0.3) is 10.8 Å². The number of fused-ring (bicyclic) bond motifs is 1. The molecule has 0 aromatic heterocycles. The van der Waals surface area contributed by atoms with E-state index < -0.39 is 0 Å². The lowest BCUT2D eigenvalue weighted by molar-refractivity contribution is 0.639. The molecule has 1 nitrogen and oxygen atoms in total. The highest BCUT2D eigenvalue weighted by atomic mass is 35.5. The first-order valence-corrected chi connectivity index (χ1v) is 6.73. The molecule has 0 amide bonds. The predicted octanol–water partition coefficient (Wildman–Crippen LogP) is 4.68. The van der Waals surface area contributed by atoms with Gasteiger partial charge in [-0.25, -0.2) is 4.39 Å². The summed E-state index contributed by atoms with van der Waals surface area (Å²) in [5.74, 6) is -0.229. The monoisotopic (exact) mass is 285 g/mol. The zero-order valence-corrected chi connectivity index (χ0v) is 11.4. The molecular weight excluding hydrogens is 273 g/mol. The van der Waals surface area contributed by atoms with Crippen LogP contribution in [0.1, 0.15) is 17.2 Å². The van der Waals surface area contributed by atoms with Crippen LogP contribution in [0, 0.1) is 5.82 Å². The summed E-state index contributed by atoms with van der Waals surface area (Å²) in [6.45, 7) is 0. The normalized spacial score (nSPS) is 12.6. The van der Waals surface area contributed by atoms with Gasteiger partial charge in [-0.3, -0.25) is 0 Å². The number of halogens is 2. The van der Waals surface area contributed by atoms with Crippen molar-refractivity contribution in [3.05, 3.63) is 82.6 Å². The SMILES string of the molecule is NC(c1ccc(Cl)cc1)c1ccc(F)c2ccccc12. The Balaban J connectivity index is 2.14. The molecule has 1 atom stereocenters. The van der Waals surface area contributed by atoms with Gasteiger partial charge >= 0.3 is 0 Å². The Labute approximate surface area is 121 Å². The van der Waals surface area contributed by atoms with Gasteiger partial charge in [0.25, 0.3) is 0 Å². The van der Waals surface area contributed by atoms with Crippen molar-refractivity contribution in [2.45, 2.75) is 6.04 Å². The van der Waals surface area contributed by atoms with Gasteiger partial charge in [0, 0.05) is 10.4 Å². The molecule has 1 unspecified atom stereocenters. The first-order chi connectivity index (χ1) is 9.66. The second kappa shape index (κ2) is 5.23. The fourth-order valence-electron chi connectivity index (χ4n) is 2.41. The van der Waals surface area contributed by atoms with Crippen molar-refractivity contribution in [1.29, 1.82) is 0 Å². The van der Waals surface area contributed by atoms with E-state index in [1.165, 1.54) is 6.07 Å². The minimum Gasteiger partial charge on any atom is -0.320 e. The molecule has 0 heterocycles. The van der Waals surface area contributed by atoms with E-state index in [1.807, 2.05) is 42.5 Å². The lowest BCUT2D eigenvalue weighted by Crippen LogP contribution is -2.12. The van der Waals surface area contributed by atoms with E-state index in [4.69, 9.17) is 17.3 Å². The summed E-state index contributed by atoms with van der Waals surface area (Å²) in [6, 6.07) is 17.7. The Morgan fingerprint density at radius 1 is 0.850 bits per heavy atom. The quantitative estimate of drug-likeness (QED) is 0.727. The van der Waals surface area contributed by atoms with Gasteiger partial charge in [0.15, 0.2) is 0 Å². The van der Waals surface area contributed by atoms with Gasteiger partial charge < -0.3 is 5.73 Å². The summed E-state index contributed by atoms with van der Waals surface area (Å²) in [6.07, 6.45) is 0. The largest absolute Gasteiger partial charge is 0.320 e. The van der Waals surface area contributed by atoms with Gasteiger partial charge in [-0.15, -0.1) is 0 Å². The highest BCUT2D eigenvalue weighted by Gasteiger charge is 2.13. The van der Waals surface area contributed by atoms with Crippen LogP contribution in [0.4, 0.5) is 4.39 Å². The first kappa shape index (κ1) is 13.1. The molecular formula is C17H13ClFN. The van der Waals surface area contributed by atoms with Gasteiger partial charge in [0.05, 0.1) is 6.04 Å². The third kappa shape index (κ3) is 2.28. The topological polar surface area (TPSA) is 26.0 Å². The van der Waals surface area contributed by atoms with E-state index in [-0.39, 0.29) is 11.9 Å². The third-order valence-corrected chi connectivity index (χ3v) is 3.72. The average molecular weight is 286 g/mol. The molecule has 3 heteroatoms. The molecule has 0 spiro atoms. The van der Waals surface area contributed by atoms with E-state index in [9.17, 15) is 4.39 Å². The summed E-state index contributed by atoms with van der Waals surface area (Å²) < 4.78 is 13.8. The van der Waals surface area contributed by atoms with Crippen LogP contribution >= 0.6 is 11.6 Å². The fourth-order valence-corrected chi connectivity index (χ4v) is 2.53. The van der Waals surface area contributed by atoms with Gasteiger partial charge in [-0.2, -0.15) is 0 Å². The smallest absolute Gasteiger partial charge is 0.131 e. The third-order valence-electron chi connectivity index (χ3n) is 3.47. The van der Waals surface area contributed by atoms with Crippen molar-refractivity contribution < 1.29 is 4.39 Å². The van der Waals surface area contributed by atoms with Gasteiger partial charge in [0.2, 0.25) is 0 Å². The fraction of sp³-hybridized carbons (Fsp3) is 0.0588. The molecule has 0 saturated heterocycles. The lowest BCUT2D eigenvalue weighted by atomic mass is 9.94. The van der Waals surface area contributed by atoms with Gasteiger partial charge in [-0.1, -0.05) is 54.1 Å². The van der Waals surface area contributed by atoms with Crippen molar-refractivity contribution in [2.75, 3.05) is 0 Å². The number of hydrogen-bond donors (Lipinski definition) is 1. The van der Waals surface area contributed by atoms with Crippen molar-refractivity contribution in [3.8, 4) is 0 Å². The van der Waals surface area contributed by atoms with Crippen LogP contribution in [-0.2, 0) is 0 Å². The minimum absolute atomic E-state index is 0.229. The Kier molecular flexibility index (Phi) is 3.43. The molecule has 2 N–H and O–H groups in total. The number of hydrogen-bond acceptors (Lipinski definition) is 1. The molecule has 100 valence electrons. The van der Waals surface area contributed by atoms with E-state index in [2.05, 4.69) is 0 Å². The molecule has 0 aliphatic heterocycles. The summed E-state index contributed by atoms with van der Waals surface area (Å²) in [5, 5.41) is 2.11. The zero-order chi connectivity index (χ0) is 14.1. The van der Waals surface area contributed by atoms with Crippen molar-refractivity contribution in [2.24, 2.45) is 5.73 Å². The molecule has 20 heavy (non-hydrogen) atoms. The van der Waals surface area contributed by atoms with Gasteiger partial charge in [0.1, 0.15) is 5.82 Å². The molecule has 0 fully saturated rings. The van der Waals surface area contributed by atoms with Gasteiger partial charge in [-0.05, 0) is 34.7 Å². The molecule has 0 bridgehead atoms. The molecule has 3 aromatic carbocycles. The summed E-state index contributed by atoms with van der Waals surface area (Å²) in [4.78, 5) is 0. The Morgan fingerprint density at radius 2 is 1.50 bits per heavy atom. The van der Waals surface area contributed by atoms with Crippen LogP contribution < -0.4 is 5.73 Å². The molecule has 3 aromatic rings.